The van der Waals surface area contributed by atoms with E-state index in [0.29, 0.717) is 16.9 Å². The molecule has 2 heterocycles. The maximum Gasteiger partial charge on any atom is 0.267 e. The number of fused-ring (bicyclic) bond motifs is 1. The van der Waals surface area contributed by atoms with Crippen LogP contribution in [0.3, 0.4) is 0 Å². The summed E-state index contributed by atoms with van der Waals surface area (Å²) < 4.78 is 0. The number of nitrogens with two attached hydrogens (primary N) is 1. The minimum absolute atomic E-state index is 0.342. The van der Waals surface area contributed by atoms with Crippen molar-refractivity contribution in [3.8, 4) is 0 Å². The molecule has 0 fully saturated rings. The summed E-state index contributed by atoms with van der Waals surface area (Å²) in [6.45, 7) is 1.75. The predicted octanol–water partition coefficient (Wildman–Crippen LogP) is 0.542. The number of nitrogen functional groups attached to an aromatic ring is 1. The molecule has 0 atom stereocenters. The van der Waals surface area contributed by atoms with E-state index in [0.717, 1.165) is 5.39 Å². The molecule has 3 N–H and O–H groups in total. The van der Waals surface area contributed by atoms with Crippen molar-refractivity contribution in [1.82, 2.24) is 15.4 Å². The number of nitrogens with zero attached hydrogens (tertiary/aromatic N) is 2. The van der Waals surface area contributed by atoms with Crippen LogP contribution < -0.4 is 11.3 Å². The largest absolute Gasteiger partial charge is 0.290 e. The minimum Gasteiger partial charge on any atom is -0.290 e. The van der Waals surface area contributed by atoms with Crippen LogP contribution in [0.4, 0.5) is 0 Å². The summed E-state index contributed by atoms with van der Waals surface area (Å²) in [6, 6.07) is 5.37. The molecule has 2 rings (SSSR count). The monoisotopic (exact) mass is 202 g/mol. The van der Waals surface area contributed by atoms with Gasteiger partial charge >= 0.3 is 0 Å². The summed E-state index contributed by atoms with van der Waals surface area (Å²) in [4.78, 5) is 19.7. The molecule has 1 amide bonds. The molecule has 0 aliphatic carbocycles. The molecule has 0 radical (unpaired) electrons. The number of rotatable bonds is 1. The number of aryl methyl sites for hydroxylation is 1. The van der Waals surface area contributed by atoms with Crippen LogP contribution in [0.15, 0.2) is 24.4 Å². The van der Waals surface area contributed by atoms with Gasteiger partial charge in [-0.25, -0.2) is 15.8 Å². The molecule has 0 spiro atoms. The lowest BCUT2D eigenvalue weighted by Crippen LogP contribution is -2.30. The lowest BCUT2D eigenvalue weighted by molar-refractivity contribution is 0.0953. The van der Waals surface area contributed by atoms with E-state index < -0.39 is 0 Å². The van der Waals surface area contributed by atoms with Crippen LogP contribution in [-0.2, 0) is 0 Å². The van der Waals surface area contributed by atoms with Crippen LogP contribution in [0.5, 0.6) is 0 Å². The normalized spacial score (nSPS) is 10.3. The fraction of sp³-hybridized carbons (Fsp3) is 0.100. The van der Waals surface area contributed by atoms with Crippen LogP contribution in [0.2, 0.25) is 0 Å². The summed E-state index contributed by atoms with van der Waals surface area (Å²) in [7, 11) is 0. The summed E-state index contributed by atoms with van der Waals surface area (Å²) >= 11 is 0. The van der Waals surface area contributed by atoms with Gasteiger partial charge in [-0.1, -0.05) is 0 Å². The Kier molecular flexibility index (Phi) is 2.31. The summed E-state index contributed by atoms with van der Waals surface area (Å²) in [6.07, 6.45) is 1.66. The van der Waals surface area contributed by atoms with Gasteiger partial charge in [0.15, 0.2) is 5.65 Å². The van der Waals surface area contributed by atoms with Crippen LogP contribution in [0.25, 0.3) is 11.0 Å². The van der Waals surface area contributed by atoms with Crippen LogP contribution >= 0.6 is 0 Å². The zero-order chi connectivity index (χ0) is 10.8. The standard InChI is InChI=1S/C10H10N4O/c1-6-8(10(15)14-11)5-7-3-2-4-12-9(7)13-6/h2-5H,11H2,1H3,(H,14,15). The summed E-state index contributed by atoms with van der Waals surface area (Å²) in [5, 5.41) is 0.821. The molecule has 5 nitrogen and oxygen atoms in total. The number of amides is 1. The van der Waals surface area contributed by atoms with Crippen molar-refractivity contribution < 1.29 is 4.79 Å². The van der Waals surface area contributed by atoms with E-state index in [-0.39, 0.29) is 5.91 Å². The molecule has 15 heavy (non-hydrogen) atoms. The van der Waals surface area contributed by atoms with E-state index in [2.05, 4.69) is 15.4 Å². The Morgan fingerprint density at radius 2 is 2.33 bits per heavy atom. The molecule has 0 aliphatic rings. The Morgan fingerprint density at radius 1 is 1.53 bits per heavy atom. The molecule has 0 unspecified atom stereocenters. The third kappa shape index (κ3) is 1.64. The van der Waals surface area contributed by atoms with Gasteiger partial charge in [0, 0.05) is 11.6 Å². The first-order valence-corrected chi connectivity index (χ1v) is 4.45. The molecular formula is C10H10N4O. The van der Waals surface area contributed by atoms with Crippen LogP contribution in [-0.4, -0.2) is 15.9 Å². The Labute approximate surface area is 86.3 Å². The quantitative estimate of drug-likeness (QED) is 0.402. The number of hydrazine groups is 1. The first-order chi connectivity index (χ1) is 7.22. The Hall–Kier alpha value is -2.01. The maximum absolute atomic E-state index is 11.4. The number of nitrogens with one attached hydrogen (secondary N) is 1. The smallest absolute Gasteiger partial charge is 0.267 e. The first-order valence-electron chi connectivity index (χ1n) is 4.45. The SMILES string of the molecule is Cc1nc2ncccc2cc1C(=O)NN. The van der Waals surface area contributed by atoms with Gasteiger partial charge in [-0.2, -0.15) is 0 Å². The topological polar surface area (TPSA) is 80.9 Å². The third-order valence-electron chi connectivity index (χ3n) is 2.16. The Balaban J connectivity index is 2.67. The van der Waals surface area contributed by atoms with Gasteiger partial charge in [0.05, 0.1) is 11.3 Å². The Morgan fingerprint density at radius 3 is 3.07 bits per heavy atom. The maximum atomic E-state index is 11.4. The summed E-state index contributed by atoms with van der Waals surface area (Å²) in [5.74, 6) is 4.73. The molecule has 0 bridgehead atoms. The molecule has 0 saturated carbocycles. The van der Waals surface area contributed by atoms with E-state index >= 15 is 0 Å². The molecule has 0 aliphatic heterocycles. The second kappa shape index (κ2) is 3.62. The molecule has 0 aromatic carbocycles. The number of aromatic nitrogens is 2. The van der Waals surface area contributed by atoms with Crippen LogP contribution in [0.1, 0.15) is 16.1 Å². The van der Waals surface area contributed by atoms with Gasteiger partial charge in [0.1, 0.15) is 0 Å². The fourth-order valence-electron chi connectivity index (χ4n) is 1.40. The van der Waals surface area contributed by atoms with Gasteiger partial charge in [0.25, 0.3) is 5.91 Å². The van der Waals surface area contributed by atoms with Crippen molar-refractivity contribution in [2.75, 3.05) is 0 Å². The highest BCUT2D eigenvalue weighted by Crippen LogP contribution is 2.13. The van der Waals surface area contributed by atoms with Gasteiger partial charge in [-0.3, -0.25) is 10.2 Å². The number of pyridine rings is 2. The van der Waals surface area contributed by atoms with Crippen molar-refractivity contribution in [1.29, 1.82) is 0 Å². The average Bonchev–Trinajstić information content (AvgIpc) is 2.27. The number of hydrogen-bond acceptors (Lipinski definition) is 4. The number of hydrogen-bond donors (Lipinski definition) is 2. The zero-order valence-electron chi connectivity index (χ0n) is 8.19. The Bertz CT molecular complexity index is 524. The van der Waals surface area contributed by atoms with Crippen molar-refractivity contribution in [2.45, 2.75) is 6.92 Å². The number of carbonyl (C=O) groups excluding carboxylic acids is 1. The molecule has 0 saturated heterocycles. The highest BCUT2D eigenvalue weighted by Gasteiger charge is 2.10. The average molecular weight is 202 g/mol. The predicted molar refractivity (Wildman–Crippen MR) is 55.9 cm³/mol. The first kappa shape index (κ1) is 9.54. The fourth-order valence-corrected chi connectivity index (χ4v) is 1.40. The minimum atomic E-state index is -0.342. The molecule has 76 valence electrons. The van der Waals surface area contributed by atoms with Crippen molar-refractivity contribution in [3.63, 3.8) is 0 Å². The molecule has 2 aromatic rings. The zero-order valence-corrected chi connectivity index (χ0v) is 8.19. The van der Waals surface area contributed by atoms with Crippen molar-refractivity contribution in [3.05, 3.63) is 35.7 Å². The highest BCUT2D eigenvalue weighted by atomic mass is 16.2. The molecule has 2 aromatic heterocycles. The van der Waals surface area contributed by atoms with Gasteiger partial charge < -0.3 is 0 Å². The van der Waals surface area contributed by atoms with E-state index in [1.807, 2.05) is 6.07 Å². The van der Waals surface area contributed by atoms with Crippen molar-refractivity contribution in [2.24, 2.45) is 5.84 Å². The highest BCUT2D eigenvalue weighted by molar-refractivity contribution is 5.97. The van der Waals surface area contributed by atoms with Gasteiger partial charge in [0.2, 0.25) is 0 Å². The van der Waals surface area contributed by atoms with E-state index in [1.165, 1.54) is 0 Å². The van der Waals surface area contributed by atoms with Crippen LogP contribution in [0, 0.1) is 6.92 Å². The summed E-state index contributed by atoms with van der Waals surface area (Å²) in [5.41, 5.74) is 3.80. The van der Waals surface area contributed by atoms with Gasteiger partial charge in [-0.15, -0.1) is 0 Å². The molecular weight excluding hydrogens is 192 g/mol. The van der Waals surface area contributed by atoms with Crippen molar-refractivity contribution >= 4 is 16.9 Å². The second-order valence-electron chi connectivity index (χ2n) is 3.14. The van der Waals surface area contributed by atoms with E-state index in [4.69, 9.17) is 5.84 Å². The third-order valence-corrected chi connectivity index (χ3v) is 2.16. The number of carbonyl (C=O) groups is 1. The molecule has 5 heteroatoms. The van der Waals surface area contributed by atoms with Gasteiger partial charge in [-0.05, 0) is 25.1 Å². The second-order valence-corrected chi connectivity index (χ2v) is 3.14. The van der Waals surface area contributed by atoms with E-state index in [9.17, 15) is 4.79 Å². The lowest BCUT2D eigenvalue weighted by atomic mass is 10.1. The lowest BCUT2D eigenvalue weighted by Gasteiger charge is -2.04. The van der Waals surface area contributed by atoms with E-state index in [1.54, 1.807) is 25.3 Å².